The summed E-state index contributed by atoms with van der Waals surface area (Å²) in [7, 11) is 0. The Hall–Kier alpha value is -6.33. The number of fused-ring (bicyclic) bond motifs is 13. The molecule has 2 bridgehead atoms. The van der Waals surface area contributed by atoms with Gasteiger partial charge in [-0.25, -0.2) is 9.59 Å². The molecule has 360 valence electrons. The Morgan fingerprint density at radius 3 is 2.19 bits per heavy atom. The number of carbonyl (C=O) groups excluding carboxylic acids is 2. The van der Waals surface area contributed by atoms with E-state index in [-0.39, 0.29) is 43.1 Å². The molecule has 2 N–H and O–H groups in total. The minimum atomic E-state index is -1.23. The Kier molecular flexibility index (Phi) is 16.3. The monoisotopic (exact) mass is 932 g/mol. The van der Waals surface area contributed by atoms with Gasteiger partial charge in [0.2, 0.25) is 0 Å². The van der Waals surface area contributed by atoms with Crippen LogP contribution in [0.1, 0.15) is 116 Å². The van der Waals surface area contributed by atoms with E-state index >= 15 is 0 Å². The van der Waals surface area contributed by atoms with E-state index < -0.39 is 48.1 Å². The third-order valence-electron chi connectivity index (χ3n) is 13.8. The van der Waals surface area contributed by atoms with E-state index in [0.717, 1.165) is 41.5 Å². The number of aliphatic hydroxyl groups excluding tert-OH is 2. The third kappa shape index (κ3) is 12.3. The van der Waals surface area contributed by atoms with E-state index in [1.165, 1.54) is 16.7 Å². The number of ether oxygens (including phenoxy) is 4. The average molecular weight is 933 g/mol. The largest absolute Gasteiger partial charge is 0.483 e. The molecule has 3 aliphatic heterocycles. The molecular formula is C59H64O10. The molecule has 0 amide bonds. The Morgan fingerprint density at radius 1 is 0.754 bits per heavy atom. The smallest absolute Gasteiger partial charge is 0.339 e. The van der Waals surface area contributed by atoms with Gasteiger partial charge in [0.1, 0.15) is 23.7 Å². The minimum Gasteiger partial charge on any atom is -0.483 e. The lowest BCUT2D eigenvalue weighted by Crippen LogP contribution is -2.54. The summed E-state index contributed by atoms with van der Waals surface area (Å²) in [6.07, 6.45) is 3.72. The van der Waals surface area contributed by atoms with Crippen LogP contribution in [0.2, 0.25) is 0 Å². The van der Waals surface area contributed by atoms with E-state index in [9.17, 15) is 24.6 Å². The Bertz CT molecular complexity index is 2770. The molecule has 0 spiro atoms. The van der Waals surface area contributed by atoms with Crippen LogP contribution < -0.4 is 10.4 Å². The van der Waals surface area contributed by atoms with Crippen molar-refractivity contribution in [3.8, 4) is 5.75 Å². The second-order valence-electron chi connectivity index (χ2n) is 19.2. The maximum absolute atomic E-state index is 14.9. The molecule has 4 heterocycles. The maximum atomic E-state index is 14.9. The highest BCUT2D eigenvalue weighted by Crippen LogP contribution is 2.49. The topological polar surface area (TPSA) is 142 Å². The summed E-state index contributed by atoms with van der Waals surface area (Å²) in [6.45, 7) is 4.92. The first-order chi connectivity index (χ1) is 33.5. The first kappa shape index (κ1) is 49.1. The van der Waals surface area contributed by atoms with Crippen LogP contribution >= 0.6 is 0 Å². The average Bonchev–Trinajstić information content (AvgIpc) is 3.34. The first-order valence-electron chi connectivity index (χ1n) is 24.4. The zero-order valence-corrected chi connectivity index (χ0v) is 40.0. The second-order valence-corrected chi connectivity index (χ2v) is 19.2. The molecule has 0 radical (unpaired) electrons. The van der Waals surface area contributed by atoms with Gasteiger partial charge >= 0.3 is 17.6 Å². The Morgan fingerprint density at radius 2 is 1.46 bits per heavy atom. The third-order valence-corrected chi connectivity index (χ3v) is 13.8. The summed E-state index contributed by atoms with van der Waals surface area (Å²) >= 11 is 0. The molecule has 10 heteroatoms. The molecule has 0 fully saturated rings. The van der Waals surface area contributed by atoms with Crippen molar-refractivity contribution >= 4 is 22.9 Å². The summed E-state index contributed by atoms with van der Waals surface area (Å²) < 4.78 is 31.9. The van der Waals surface area contributed by atoms with Crippen molar-refractivity contribution in [3.63, 3.8) is 0 Å². The van der Waals surface area contributed by atoms with Gasteiger partial charge in [0.05, 0.1) is 12.2 Å². The van der Waals surface area contributed by atoms with Crippen LogP contribution in [0.15, 0.2) is 148 Å². The van der Waals surface area contributed by atoms with Crippen molar-refractivity contribution in [2.75, 3.05) is 20.0 Å². The molecule has 5 atom stereocenters. The molecule has 1 aromatic heterocycles. The molecule has 9 rings (SSSR count). The summed E-state index contributed by atoms with van der Waals surface area (Å²) in [6, 6.07) is 42.9. The van der Waals surface area contributed by atoms with E-state index in [4.69, 9.17) is 23.4 Å². The molecule has 0 saturated heterocycles. The number of esters is 2. The number of carbonyl (C=O) groups is 2. The van der Waals surface area contributed by atoms with E-state index in [1.807, 2.05) is 45.0 Å². The lowest BCUT2D eigenvalue weighted by molar-refractivity contribution is -0.192. The molecule has 6 aromatic rings. The van der Waals surface area contributed by atoms with Gasteiger partial charge in [0.15, 0.2) is 12.2 Å². The lowest BCUT2D eigenvalue weighted by atomic mass is 9.82. The molecule has 10 nitrogen and oxygen atoms in total. The summed E-state index contributed by atoms with van der Waals surface area (Å²) in [4.78, 5) is 43.6. The van der Waals surface area contributed by atoms with Gasteiger partial charge in [-0.05, 0) is 142 Å². The highest BCUT2D eigenvalue weighted by Gasteiger charge is 2.53. The number of allylic oxidation sites excluding steroid dienone is 1. The van der Waals surface area contributed by atoms with Gasteiger partial charge in [-0.3, -0.25) is 4.79 Å². The molecule has 0 saturated carbocycles. The fraction of sp³-hybridized carbons (Fsp3) is 0.373. The quantitative estimate of drug-likeness (QED) is 0.0442. The fourth-order valence-electron chi connectivity index (χ4n) is 10.1. The van der Waals surface area contributed by atoms with E-state index in [1.54, 1.807) is 18.2 Å². The molecule has 3 aliphatic rings. The zero-order valence-electron chi connectivity index (χ0n) is 40.0. The van der Waals surface area contributed by atoms with Crippen molar-refractivity contribution in [3.05, 3.63) is 193 Å². The highest BCUT2D eigenvalue weighted by molar-refractivity contribution is 5.90. The van der Waals surface area contributed by atoms with Gasteiger partial charge < -0.3 is 33.6 Å². The molecular weight excluding hydrogens is 869 g/mol. The van der Waals surface area contributed by atoms with Crippen LogP contribution in [0, 0.1) is 5.92 Å². The van der Waals surface area contributed by atoms with Crippen molar-refractivity contribution < 1.29 is 43.2 Å². The zero-order chi connectivity index (χ0) is 48.3. The van der Waals surface area contributed by atoms with Gasteiger partial charge in [-0.1, -0.05) is 115 Å². The Balaban J connectivity index is 1.20. The molecule has 69 heavy (non-hydrogen) atoms. The number of hydrogen-bond donors (Lipinski definition) is 2. The number of benzene rings is 5. The van der Waals surface area contributed by atoms with Crippen molar-refractivity contribution in [1.29, 1.82) is 0 Å². The van der Waals surface area contributed by atoms with Crippen LogP contribution in [0.5, 0.6) is 5.75 Å². The molecule has 0 aliphatic carbocycles. The SMILES string of the molecule is CC(C)=C1CCc2ccc(cc2)C[C@@H](CCc2cccc(Cc3ccccc3)c2)CC(=O)O[C@@H]2c3c(ccc4cc([C@H](CCO)COCO)c(=O)oc34)O[C@@](C)(CCCc3ccccc3)[C@H]2OC1=O. The standard InChI is InChI=1S/C59H64O10/c1-39(2)49-27-25-41-19-21-44(22-20-41)34-46(24-23-43-16-10-17-45(33-43)32-42-14-8-5-9-15-42)35-52(62)66-55-53-51(28-26-47-36-50(58(64)67-54(47)53)48(29-31-60)37-65-38-61)69-59(3,56(55)68-57(49)63)30-11-18-40-12-6-4-7-13-40/h4-10,12-17,19-22,26,28,33,36,46,48,55-56,60-61H,11,18,23-25,27,29-32,34-35,37-38H2,1-3H3/t46-,48-,55-,56+,59+/m1/s1. The van der Waals surface area contributed by atoms with Gasteiger partial charge in [-0.15, -0.1) is 0 Å². The van der Waals surface area contributed by atoms with Crippen LogP contribution in [0.25, 0.3) is 11.0 Å². The van der Waals surface area contributed by atoms with Crippen LogP contribution in [0.3, 0.4) is 0 Å². The van der Waals surface area contributed by atoms with Crippen LogP contribution in [-0.4, -0.2) is 53.9 Å². The second kappa shape index (κ2) is 22.9. The lowest BCUT2D eigenvalue weighted by Gasteiger charge is -2.45. The maximum Gasteiger partial charge on any atom is 0.339 e. The fourth-order valence-corrected chi connectivity index (χ4v) is 10.1. The predicted octanol–water partition coefficient (Wildman–Crippen LogP) is 10.7. The summed E-state index contributed by atoms with van der Waals surface area (Å²) in [5.41, 5.74) is 7.18. The predicted molar refractivity (Wildman–Crippen MR) is 266 cm³/mol. The molecule has 0 unspecified atom stereocenters. The number of rotatable bonds is 15. The van der Waals surface area contributed by atoms with Crippen molar-refractivity contribution in [2.45, 2.75) is 115 Å². The minimum absolute atomic E-state index is 0.0159. The highest BCUT2D eigenvalue weighted by atomic mass is 16.6. The number of hydrogen-bond acceptors (Lipinski definition) is 10. The van der Waals surface area contributed by atoms with Gasteiger partial charge in [-0.2, -0.15) is 0 Å². The molecule has 5 aromatic carbocycles. The number of aliphatic hydroxyl groups is 2. The summed E-state index contributed by atoms with van der Waals surface area (Å²) in [5, 5.41) is 19.8. The number of aryl methyl sites for hydroxylation is 3. The normalized spacial score (nSPS) is 20.1. The first-order valence-corrected chi connectivity index (χ1v) is 24.4. The van der Waals surface area contributed by atoms with Crippen LogP contribution in [0.4, 0.5) is 0 Å². The van der Waals surface area contributed by atoms with Crippen molar-refractivity contribution in [1.82, 2.24) is 0 Å². The summed E-state index contributed by atoms with van der Waals surface area (Å²) in [5.74, 6) is -1.34. The van der Waals surface area contributed by atoms with Crippen LogP contribution in [-0.2, 0) is 55.9 Å². The van der Waals surface area contributed by atoms with E-state index in [0.29, 0.717) is 60.8 Å². The van der Waals surface area contributed by atoms with Crippen molar-refractivity contribution in [2.24, 2.45) is 5.92 Å². The van der Waals surface area contributed by atoms with Gasteiger partial charge in [0, 0.05) is 35.5 Å². The van der Waals surface area contributed by atoms with Gasteiger partial charge in [0.25, 0.3) is 0 Å². The van der Waals surface area contributed by atoms with E-state index in [2.05, 4.69) is 84.9 Å². The Labute approximate surface area is 404 Å².